The van der Waals surface area contributed by atoms with Crippen LogP contribution in [0.25, 0.3) is 10.6 Å². The molecule has 0 atom stereocenters. The minimum Gasteiger partial charge on any atom is -0.480 e. The number of aliphatic carboxylic acids is 1. The largest absolute Gasteiger partial charge is 0.480 e. The summed E-state index contributed by atoms with van der Waals surface area (Å²) in [6.07, 6.45) is -3.18. The number of rotatable bonds is 10. The molecule has 9 nitrogen and oxygen atoms in total. The van der Waals surface area contributed by atoms with Gasteiger partial charge in [-0.15, -0.1) is 11.3 Å². The Bertz CT molecular complexity index is 1510. The number of alkyl halides is 3. The molecule has 0 spiro atoms. The maximum atomic E-state index is 13.5. The van der Waals surface area contributed by atoms with Crippen molar-refractivity contribution in [3.63, 3.8) is 0 Å². The molecule has 4 rings (SSSR count). The van der Waals surface area contributed by atoms with Crippen molar-refractivity contribution < 1.29 is 31.5 Å². The Kier molecular flexibility index (Phi) is 8.04. The van der Waals surface area contributed by atoms with Crippen LogP contribution < -0.4 is 5.32 Å². The van der Waals surface area contributed by atoms with Crippen LogP contribution in [0.1, 0.15) is 17.0 Å². The van der Waals surface area contributed by atoms with Crippen LogP contribution in [0, 0.1) is 0 Å². The Hall–Kier alpha value is -3.88. The lowest BCUT2D eigenvalue weighted by Gasteiger charge is -2.22. The second-order valence-corrected chi connectivity index (χ2v) is 10.7. The number of sulfonamides is 1. The number of hydrogen-bond donors (Lipinski definition) is 2. The minimum absolute atomic E-state index is 0.0840. The summed E-state index contributed by atoms with van der Waals surface area (Å²) in [5.41, 5.74) is 0.425. The first-order valence-electron chi connectivity index (χ1n) is 11.0. The Morgan fingerprint density at radius 3 is 2.39 bits per heavy atom. The van der Waals surface area contributed by atoms with E-state index in [1.165, 1.54) is 16.6 Å². The van der Waals surface area contributed by atoms with Gasteiger partial charge in [0, 0.05) is 23.7 Å². The van der Waals surface area contributed by atoms with Gasteiger partial charge in [0.15, 0.2) is 10.7 Å². The molecule has 0 aliphatic carbocycles. The zero-order valence-electron chi connectivity index (χ0n) is 19.5. The number of aromatic nitrogens is 3. The van der Waals surface area contributed by atoms with Gasteiger partial charge in [-0.1, -0.05) is 36.4 Å². The molecule has 3 heterocycles. The summed E-state index contributed by atoms with van der Waals surface area (Å²) in [6.45, 7) is -0.591. The standard InChI is InChI=1S/C24H20F3N5O4S2/c25-24(26,27)19-15-37-23(31-19)17-9-7-16(8-10-17)13-32(38(35,36)21-6-1-2-11-28-21)14-18-4-3-5-20(30-18)29-12-22(33)34/h1-11,15H,12-14H2,(H,29,30)(H,33,34). The molecule has 2 N–H and O–H groups in total. The molecule has 0 unspecified atom stereocenters. The van der Waals surface area contributed by atoms with Gasteiger partial charge in [-0.25, -0.2) is 23.4 Å². The third kappa shape index (κ3) is 6.70. The van der Waals surface area contributed by atoms with Crippen LogP contribution in [0.15, 0.2) is 77.3 Å². The van der Waals surface area contributed by atoms with Gasteiger partial charge in [0.25, 0.3) is 10.0 Å². The molecule has 0 fully saturated rings. The first kappa shape index (κ1) is 27.2. The molecule has 14 heteroatoms. The summed E-state index contributed by atoms with van der Waals surface area (Å²) in [5.74, 6) is -0.807. The monoisotopic (exact) mass is 563 g/mol. The third-order valence-electron chi connectivity index (χ3n) is 5.16. The van der Waals surface area contributed by atoms with Gasteiger partial charge in [-0.05, 0) is 29.8 Å². The van der Waals surface area contributed by atoms with Crippen LogP contribution >= 0.6 is 11.3 Å². The fourth-order valence-electron chi connectivity index (χ4n) is 3.36. The van der Waals surface area contributed by atoms with Crippen LogP contribution in [0.2, 0.25) is 0 Å². The number of thiazole rings is 1. The maximum Gasteiger partial charge on any atom is 0.434 e. The molecular weight excluding hydrogens is 543 g/mol. The Balaban J connectivity index is 1.60. The number of carboxylic acid groups (broad SMARTS) is 1. The van der Waals surface area contributed by atoms with Crippen molar-refractivity contribution >= 4 is 33.1 Å². The van der Waals surface area contributed by atoms with E-state index >= 15 is 0 Å². The predicted molar refractivity (Wildman–Crippen MR) is 134 cm³/mol. The maximum absolute atomic E-state index is 13.5. The second-order valence-electron chi connectivity index (χ2n) is 7.94. The molecule has 198 valence electrons. The number of carboxylic acids is 1. The smallest absolute Gasteiger partial charge is 0.434 e. The number of halogens is 3. The molecular formula is C24H20F3N5O4S2. The predicted octanol–water partition coefficient (Wildman–Crippen LogP) is 4.51. The number of anilines is 1. The summed E-state index contributed by atoms with van der Waals surface area (Å²) in [4.78, 5) is 22.8. The molecule has 0 amide bonds. The van der Waals surface area contributed by atoms with E-state index in [-0.39, 0.29) is 35.5 Å². The van der Waals surface area contributed by atoms with Crippen molar-refractivity contribution in [3.05, 3.63) is 89.2 Å². The van der Waals surface area contributed by atoms with Crippen LogP contribution in [0.5, 0.6) is 0 Å². The van der Waals surface area contributed by atoms with Crippen LogP contribution in [-0.4, -0.2) is 45.3 Å². The average molecular weight is 564 g/mol. The summed E-state index contributed by atoms with van der Waals surface area (Å²) >= 11 is 0.863. The van der Waals surface area contributed by atoms with Gasteiger partial charge in [0.05, 0.1) is 12.2 Å². The van der Waals surface area contributed by atoms with E-state index in [1.807, 2.05) is 0 Å². The SMILES string of the molecule is O=C(O)CNc1cccc(CN(Cc2ccc(-c3nc(C(F)(F)F)cs3)cc2)S(=O)(=O)c2ccccn2)n1. The van der Waals surface area contributed by atoms with Gasteiger partial charge in [0.2, 0.25) is 0 Å². The van der Waals surface area contributed by atoms with Gasteiger partial charge < -0.3 is 10.4 Å². The average Bonchev–Trinajstić information content (AvgIpc) is 3.40. The molecule has 0 saturated carbocycles. The van der Waals surface area contributed by atoms with Crippen molar-refractivity contribution in [1.29, 1.82) is 0 Å². The number of benzene rings is 1. The molecule has 0 saturated heterocycles. The van der Waals surface area contributed by atoms with E-state index in [1.54, 1.807) is 54.6 Å². The van der Waals surface area contributed by atoms with Gasteiger partial charge in [0.1, 0.15) is 17.4 Å². The molecule has 0 bridgehead atoms. The van der Waals surface area contributed by atoms with Gasteiger partial charge in [-0.2, -0.15) is 17.5 Å². The van der Waals surface area contributed by atoms with Crippen molar-refractivity contribution in [1.82, 2.24) is 19.3 Å². The van der Waals surface area contributed by atoms with Crippen molar-refractivity contribution in [2.24, 2.45) is 0 Å². The zero-order chi connectivity index (χ0) is 27.3. The fourth-order valence-corrected chi connectivity index (χ4v) is 5.53. The van der Waals surface area contributed by atoms with Crippen LogP contribution in [0.3, 0.4) is 0 Å². The van der Waals surface area contributed by atoms with E-state index in [0.717, 1.165) is 16.7 Å². The van der Waals surface area contributed by atoms with Crippen LogP contribution in [0.4, 0.5) is 19.0 Å². The summed E-state index contributed by atoms with van der Waals surface area (Å²) in [6, 6.07) is 15.7. The molecule has 0 radical (unpaired) electrons. The normalized spacial score (nSPS) is 12.0. The molecule has 3 aromatic heterocycles. The van der Waals surface area contributed by atoms with Crippen molar-refractivity contribution in [3.8, 4) is 10.6 Å². The Morgan fingerprint density at radius 1 is 1.00 bits per heavy atom. The Morgan fingerprint density at radius 2 is 1.76 bits per heavy atom. The number of nitrogens with one attached hydrogen (secondary N) is 1. The highest BCUT2D eigenvalue weighted by Gasteiger charge is 2.34. The number of carbonyl (C=O) groups is 1. The lowest BCUT2D eigenvalue weighted by molar-refractivity contribution is -0.140. The highest BCUT2D eigenvalue weighted by Crippen LogP contribution is 2.33. The highest BCUT2D eigenvalue weighted by atomic mass is 32.2. The molecule has 0 aliphatic heterocycles. The van der Waals surface area contributed by atoms with E-state index in [9.17, 15) is 26.4 Å². The fraction of sp³-hybridized carbons (Fsp3) is 0.167. The van der Waals surface area contributed by atoms with Crippen molar-refractivity contribution in [2.45, 2.75) is 24.3 Å². The second kappa shape index (κ2) is 11.2. The summed E-state index contributed by atoms with van der Waals surface area (Å²) in [5, 5.41) is 12.5. The quantitative estimate of drug-likeness (QED) is 0.289. The van der Waals surface area contributed by atoms with Crippen LogP contribution in [-0.2, 0) is 34.1 Å². The van der Waals surface area contributed by atoms with Gasteiger partial charge in [-0.3, -0.25) is 4.79 Å². The first-order valence-corrected chi connectivity index (χ1v) is 13.3. The van der Waals surface area contributed by atoms with E-state index in [0.29, 0.717) is 16.8 Å². The van der Waals surface area contributed by atoms with Crippen molar-refractivity contribution in [2.75, 3.05) is 11.9 Å². The lowest BCUT2D eigenvalue weighted by Crippen LogP contribution is -2.31. The number of pyridine rings is 2. The lowest BCUT2D eigenvalue weighted by atomic mass is 10.1. The number of hydrogen-bond acceptors (Lipinski definition) is 8. The molecule has 0 aliphatic rings. The Labute approximate surface area is 219 Å². The third-order valence-corrected chi connectivity index (χ3v) is 7.76. The topological polar surface area (TPSA) is 125 Å². The highest BCUT2D eigenvalue weighted by molar-refractivity contribution is 7.89. The molecule has 38 heavy (non-hydrogen) atoms. The summed E-state index contributed by atoms with van der Waals surface area (Å²) in [7, 11) is -4.08. The van der Waals surface area contributed by atoms with Gasteiger partial charge >= 0.3 is 12.1 Å². The van der Waals surface area contributed by atoms with E-state index < -0.39 is 27.9 Å². The minimum atomic E-state index is -4.54. The zero-order valence-corrected chi connectivity index (χ0v) is 21.1. The molecule has 4 aromatic rings. The summed E-state index contributed by atoms with van der Waals surface area (Å²) < 4.78 is 66.8. The number of nitrogens with zero attached hydrogens (tertiary/aromatic N) is 4. The molecule has 1 aromatic carbocycles. The van der Waals surface area contributed by atoms with E-state index in [4.69, 9.17) is 5.11 Å². The first-order chi connectivity index (χ1) is 18.0. The van der Waals surface area contributed by atoms with E-state index in [2.05, 4.69) is 20.3 Å².